The van der Waals surface area contributed by atoms with E-state index < -0.39 is 15.9 Å². The second kappa shape index (κ2) is 8.89. The van der Waals surface area contributed by atoms with Crippen molar-refractivity contribution in [2.45, 2.75) is 46.5 Å². The molecule has 1 aromatic heterocycles. The van der Waals surface area contributed by atoms with Crippen LogP contribution in [0.15, 0.2) is 10.6 Å². The molecule has 1 amide bonds. The molecule has 7 nitrogen and oxygen atoms in total. The zero-order valence-corrected chi connectivity index (χ0v) is 14.3. The molecular weight excluding hydrogens is 306 g/mol. The molecule has 8 heteroatoms. The molecule has 1 N–H and O–H groups in total. The minimum absolute atomic E-state index is 0.0730. The minimum Gasteiger partial charge on any atom is -0.360 e. The van der Waals surface area contributed by atoms with Gasteiger partial charge in [-0.05, 0) is 19.8 Å². The first-order valence-corrected chi connectivity index (χ1v) is 9.21. The fraction of sp³-hybridized carbons (Fsp3) is 0.714. The van der Waals surface area contributed by atoms with Gasteiger partial charge in [0.15, 0.2) is 5.82 Å². The number of hydrogen-bond acceptors (Lipinski definition) is 5. The van der Waals surface area contributed by atoms with Crippen LogP contribution in [0.1, 0.15) is 45.3 Å². The normalized spacial score (nSPS) is 11.8. The van der Waals surface area contributed by atoms with Crippen LogP contribution in [0.3, 0.4) is 0 Å². The van der Waals surface area contributed by atoms with E-state index in [1.165, 1.54) is 4.31 Å². The van der Waals surface area contributed by atoms with Crippen molar-refractivity contribution >= 4 is 21.7 Å². The lowest BCUT2D eigenvalue weighted by molar-refractivity contribution is -0.116. The molecular formula is C14H25N3O4S. The molecule has 1 heterocycles. The van der Waals surface area contributed by atoms with Crippen LogP contribution in [0.25, 0.3) is 0 Å². The lowest BCUT2D eigenvalue weighted by Gasteiger charge is -2.21. The molecule has 22 heavy (non-hydrogen) atoms. The first-order valence-electron chi connectivity index (χ1n) is 7.60. The van der Waals surface area contributed by atoms with Gasteiger partial charge in [0.05, 0.1) is 12.3 Å². The molecule has 0 aliphatic carbocycles. The van der Waals surface area contributed by atoms with Gasteiger partial charge in [-0.25, -0.2) is 8.42 Å². The number of sulfonamides is 1. The van der Waals surface area contributed by atoms with E-state index in [-0.39, 0.29) is 12.3 Å². The van der Waals surface area contributed by atoms with Gasteiger partial charge in [-0.3, -0.25) is 4.79 Å². The van der Waals surface area contributed by atoms with Crippen molar-refractivity contribution in [3.63, 3.8) is 0 Å². The minimum atomic E-state index is -3.41. The molecule has 0 bridgehead atoms. The summed E-state index contributed by atoms with van der Waals surface area (Å²) in [6, 6.07) is 1.58. The number of aromatic nitrogens is 1. The average molecular weight is 331 g/mol. The Balaban J connectivity index is 2.69. The molecule has 0 aliphatic rings. The van der Waals surface area contributed by atoms with E-state index in [1.54, 1.807) is 13.0 Å². The van der Waals surface area contributed by atoms with Gasteiger partial charge in [-0.15, -0.1) is 0 Å². The zero-order valence-electron chi connectivity index (χ0n) is 13.5. The predicted octanol–water partition coefficient (Wildman–Crippen LogP) is 2.15. The summed E-state index contributed by atoms with van der Waals surface area (Å²) in [6.07, 6.45) is 2.98. The van der Waals surface area contributed by atoms with E-state index in [0.717, 1.165) is 19.3 Å². The van der Waals surface area contributed by atoms with E-state index in [9.17, 15) is 13.2 Å². The van der Waals surface area contributed by atoms with Crippen LogP contribution in [0.4, 0.5) is 5.82 Å². The monoisotopic (exact) mass is 331 g/mol. The molecule has 0 saturated heterocycles. The van der Waals surface area contributed by atoms with Gasteiger partial charge in [0, 0.05) is 12.6 Å². The highest BCUT2D eigenvalue weighted by atomic mass is 32.2. The molecule has 0 saturated carbocycles. The summed E-state index contributed by atoms with van der Waals surface area (Å²) in [5.41, 5.74) is 0. The summed E-state index contributed by atoms with van der Waals surface area (Å²) in [7, 11) is -3.41. The highest BCUT2D eigenvalue weighted by Gasteiger charge is 2.23. The van der Waals surface area contributed by atoms with Gasteiger partial charge < -0.3 is 9.84 Å². The van der Waals surface area contributed by atoms with Crippen molar-refractivity contribution in [3.05, 3.63) is 11.8 Å². The van der Waals surface area contributed by atoms with Crippen molar-refractivity contribution in [2.75, 3.05) is 24.2 Å². The fourth-order valence-electron chi connectivity index (χ4n) is 1.87. The van der Waals surface area contributed by atoms with Gasteiger partial charge in [0.2, 0.25) is 15.9 Å². The first kappa shape index (κ1) is 18.6. The zero-order chi connectivity index (χ0) is 16.6. The van der Waals surface area contributed by atoms with Gasteiger partial charge in [0.25, 0.3) is 0 Å². The Morgan fingerprint density at radius 2 is 2.00 bits per heavy atom. The first-order chi connectivity index (χ1) is 10.4. The smallest absolute Gasteiger partial charge is 0.240 e. The van der Waals surface area contributed by atoms with Gasteiger partial charge >= 0.3 is 0 Å². The third-order valence-corrected chi connectivity index (χ3v) is 5.03. The number of nitrogens with zero attached hydrogens (tertiary/aromatic N) is 2. The van der Waals surface area contributed by atoms with E-state index in [1.807, 2.05) is 13.8 Å². The van der Waals surface area contributed by atoms with Crippen LogP contribution in [-0.4, -0.2) is 42.6 Å². The topological polar surface area (TPSA) is 92.5 Å². The largest absolute Gasteiger partial charge is 0.360 e. The predicted molar refractivity (Wildman–Crippen MR) is 85.0 cm³/mol. The third kappa shape index (κ3) is 6.15. The van der Waals surface area contributed by atoms with Crippen LogP contribution in [-0.2, 0) is 14.8 Å². The lowest BCUT2D eigenvalue weighted by atomic mass is 10.3. The molecule has 1 rings (SSSR count). The van der Waals surface area contributed by atoms with Crippen molar-refractivity contribution in [3.8, 4) is 0 Å². The number of anilines is 1. The quantitative estimate of drug-likeness (QED) is 0.709. The highest BCUT2D eigenvalue weighted by Crippen LogP contribution is 2.10. The Hall–Kier alpha value is -1.41. The van der Waals surface area contributed by atoms with Crippen molar-refractivity contribution in [1.29, 1.82) is 0 Å². The van der Waals surface area contributed by atoms with Crippen LogP contribution in [0.5, 0.6) is 0 Å². The van der Waals surface area contributed by atoms with E-state index in [2.05, 4.69) is 10.5 Å². The number of unbranched alkanes of at least 4 members (excludes halogenated alkanes) is 2. The maximum atomic E-state index is 12.3. The number of carbonyl (C=O) groups excluding carboxylic acids is 1. The van der Waals surface area contributed by atoms with Crippen molar-refractivity contribution < 1.29 is 17.7 Å². The Bertz CT molecular complexity index is 568. The maximum absolute atomic E-state index is 12.3. The number of aryl methyl sites for hydroxylation is 1. The number of hydrogen-bond donors (Lipinski definition) is 1. The SMILES string of the molecule is CCCCN(CC(=O)Nc1cc(C)on1)S(=O)(=O)CCCC. The number of amides is 1. The molecule has 0 radical (unpaired) electrons. The Kier molecular flexibility index (Phi) is 7.53. The van der Waals surface area contributed by atoms with Gasteiger partial charge in [0.1, 0.15) is 5.76 Å². The Morgan fingerprint density at radius 3 is 2.55 bits per heavy atom. The third-order valence-electron chi connectivity index (χ3n) is 3.13. The fourth-order valence-corrected chi connectivity index (χ4v) is 3.51. The summed E-state index contributed by atoms with van der Waals surface area (Å²) in [5.74, 6) is 0.533. The van der Waals surface area contributed by atoms with E-state index >= 15 is 0 Å². The second-order valence-electron chi connectivity index (χ2n) is 5.23. The van der Waals surface area contributed by atoms with Crippen LogP contribution < -0.4 is 5.32 Å². The van der Waals surface area contributed by atoms with Gasteiger partial charge in [-0.2, -0.15) is 4.31 Å². The summed E-state index contributed by atoms with van der Waals surface area (Å²) >= 11 is 0. The molecule has 0 aromatic carbocycles. The van der Waals surface area contributed by atoms with Crippen LogP contribution >= 0.6 is 0 Å². The van der Waals surface area contributed by atoms with Crippen LogP contribution in [0.2, 0.25) is 0 Å². The number of carbonyl (C=O) groups is 1. The average Bonchev–Trinajstić information content (AvgIpc) is 2.86. The number of rotatable bonds is 10. The van der Waals surface area contributed by atoms with E-state index in [4.69, 9.17) is 4.52 Å². The molecule has 0 atom stereocenters. The summed E-state index contributed by atoms with van der Waals surface area (Å²) < 4.78 is 30.7. The summed E-state index contributed by atoms with van der Waals surface area (Å²) in [5, 5.41) is 6.21. The Labute approximate surface area is 132 Å². The van der Waals surface area contributed by atoms with Crippen molar-refractivity contribution in [2.24, 2.45) is 0 Å². The second-order valence-corrected chi connectivity index (χ2v) is 7.32. The molecule has 0 aliphatic heterocycles. The number of nitrogens with one attached hydrogen (secondary N) is 1. The van der Waals surface area contributed by atoms with E-state index in [0.29, 0.717) is 24.5 Å². The molecule has 0 spiro atoms. The maximum Gasteiger partial charge on any atom is 0.240 e. The molecule has 126 valence electrons. The molecule has 1 aromatic rings. The van der Waals surface area contributed by atoms with Gasteiger partial charge in [-0.1, -0.05) is 31.8 Å². The standard InChI is InChI=1S/C14H25N3O4S/c1-4-6-8-17(22(19,20)9-7-5-2)11-14(18)15-13-10-12(3)21-16-13/h10H,4-9,11H2,1-3H3,(H,15,16,18). The molecule has 0 unspecified atom stereocenters. The summed E-state index contributed by atoms with van der Waals surface area (Å²) in [4.78, 5) is 12.0. The lowest BCUT2D eigenvalue weighted by Crippen LogP contribution is -2.39. The Morgan fingerprint density at radius 1 is 1.32 bits per heavy atom. The summed E-state index contributed by atoms with van der Waals surface area (Å²) in [6.45, 7) is 5.79. The van der Waals surface area contributed by atoms with Crippen LogP contribution in [0, 0.1) is 6.92 Å². The van der Waals surface area contributed by atoms with Crippen molar-refractivity contribution in [1.82, 2.24) is 9.46 Å². The highest BCUT2D eigenvalue weighted by molar-refractivity contribution is 7.89. The molecule has 0 fully saturated rings.